The van der Waals surface area contributed by atoms with Gasteiger partial charge in [0.25, 0.3) is 0 Å². The maximum absolute atomic E-state index is 6.43. The molecule has 0 aliphatic carbocycles. The number of nitrogens with zero attached hydrogens (tertiary/aromatic N) is 4. The highest BCUT2D eigenvalue weighted by molar-refractivity contribution is 6.33. The number of para-hydroxylation sites is 2. The lowest BCUT2D eigenvalue weighted by atomic mass is 10.2. The van der Waals surface area contributed by atoms with Crippen molar-refractivity contribution in [3.05, 3.63) is 53.8 Å². The molecule has 6 heteroatoms. The average molecular weight is 340 g/mol. The highest BCUT2D eigenvalue weighted by Crippen LogP contribution is 2.31. The molecule has 3 aromatic rings. The molecular weight excluding hydrogens is 322 g/mol. The van der Waals surface area contributed by atoms with Crippen molar-refractivity contribution in [2.75, 3.05) is 24.5 Å². The van der Waals surface area contributed by atoms with Crippen LogP contribution in [0.2, 0.25) is 5.02 Å². The van der Waals surface area contributed by atoms with E-state index in [1.165, 1.54) is 0 Å². The summed E-state index contributed by atoms with van der Waals surface area (Å²) in [4.78, 5) is 11.4. The second kappa shape index (κ2) is 5.83. The van der Waals surface area contributed by atoms with Crippen LogP contribution in [-0.4, -0.2) is 34.2 Å². The summed E-state index contributed by atoms with van der Waals surface area (Å²) in [6.45, 7) is 6.50. The predicted octanol–water partition coefficient (Wildman–Crippen LogP) is 3.21. The maximum atomic E-state index is 6.43. The van der Waals surface area contributed by atoms with Crippen LogP contribution in [-0.2, 0) is 7.05 Å². The normalized spacial score (nSPS) is 14.9. The van der Waals surface area contributed by atoms with E-state index in [1.807, 2.05) is 31.3 Å². The number of pyridine rings is 1. The van der Waals surface area contributed by atoms with Crippen molar-refractivity contribution < 1.29 is 0 Å². The molecule has 0 amide bonds. The Kier molecular flexibility index (Phi) is 3.65. The molecule has 0 saturated carbocycles. The molecule has 0 unspecified atom stereocenters. The standard InChI is InChI=1S/C18H18ClN5/c1-12-11-24(8-7-20-12)17-9-13(14(19)10-21-17)18-22-15-5-3-4-6-16(15)23(18)2/h3-6,9-10,20H,1,7-8,11H2,2H3. The number of piperazine rings is 1. The number of imidazole rings is 1. The first-order valence-corrected chi connectivity index (χ1v) is 8.25. The Labute approximate surface area is 145 Å². The highest BCUT2D eigenvalue weighted by atomic mass is 35.5. The van der Waals surface area contributed by atoms with Crippen molar-refractivity contribution in [3.8, 4) is 11.4 Å². The third kappa shape index (κ3) is 2.51. The van der Waals surface area contributed by atoms with Crippen LogP contribution in [0.1, 0.15) is 0 Å². The third-order valence-electron chi connectivity index (χ3n) is 4.33. The molecule has 3 heterocycles. The molecule has 0 atom stereocenters. The van der Waals surface area contributed by atoms with Crippen LogP contribution < -0.4 is 10.2 Å². The quantitative estimate of drug-likeness (QED) is 0.778. The van der Waals surface area contributed by atoms with Gasteiger partial charge in [0, 0.05) is 37.6 Å². The van der Waals surface area contributed by atoms with Gasteiger partial charge in [-0.25, -0.2) is 9.97 Å². The number of hydrogen-bond acceptors (Lipinski definition) is 4. The van der Waals surface area contributed by atoms with E-state index in [2.05, 4.69) is 32.4 Å². The van der Waals surface area contributed by atoms with E-state index in [9.17, 15) is 0 Å². The van der Waals surface area contributed by atoms with Gasteiger partial charge in [-0.15, -0.1) is 0 Å². The van der Waals surface area contributed by atoms with Crippen molar-refractivity contribution in [1.29, 1.82) is 0 Å². The monoisotopic (exact) mass is 339 g/mol. The van der Waals surface area contributed by atoms with Crippen LogP contribution in [0.3, 0.4) is 0 Å². The minimum Gasteiger partial charge on any atom is -0.386 e. The Balaban J connectivity index is 1.80. The maximum Gasteiger partial charge on any atom is 0.142 e. The lowest BCUT2D eigenvalue weighted by Gasteiger charge is -2.30. The van der Waals surface area contributed by atoms with Crippen LogP contribution in [0.4, 0.5) is 5.82 Å². The molecule has 1 aliphatic rings. The average Bonchev–Trinajstić information content (AvgIpc) is 2.92. The third-order valence-corrected chi connectivity index (χ3v) is 4.63. The van der Waals surface area contributed by atoms with E-state index < -0.39 is 0 Å². The summed E-state index contributed by atoms with van der Waals surface area (Å²) < 4.78 is 2.07. The summed E-state index contributed by atoms with van der Waals surface area (Å²) in [6, 6.07) is 10.1. The van der Waals surface area contributed by atoms with Crippen LogP contribution in [0.15, 0.2) is 48.8 Å². The zero-order valence-electron chi connectivity index (χ0n) is 13.5. The summed E-state index contributed by atoms with van der Waals surface area (Å²) in [6.07, 6.45) is 1.70. The molecule has 24 heavy (non-hydrogen) atoms. The molecule has 1 fully saturated rings. The lowest BCUT2D eigenvalue weighted by molar-refractivity contribution is 0.657. The first kappa shape index (κ1) is 15.0. The second-order valence-electron chi connectivity index (χ2n) is 5.96. The molecule has 2 aromatic heterocycles. The van der Waals surface area contributed by atoms with E-state index in [0.717, 1.165) is 53.6 Å². The van der Waals surface area contributed by atoms with E-state index in [1.54, 1.807) is 6.20 Å². The van der Waals surface area contributed by atoms with Gasteiger partial charge in [0.2, 0.25) is 0 Å². The summed E-state index contributed by atoms with van der Waals surface area (Å²) in [5.74, 6) is 1.74. The fraction of sp³-hybridized carbons (Fsp3) is 0.222. The van der Waals surface area contributed by atoms with Crippen LogP contribution in [0.5, 0.6) is 0 Å². The van der Waals surface area contributed by atoms with Crippen molar-refractivity contribution in [1.82, 2.24) is 19.9 Å². The number of aromatic nitrogens is 3. The number of fused-ring (bicyclic) bond motifs is 1. The van der Waals surface area contributed by atoms with Crippen LogP contribution in [0, 0.1) is 0 Å². The molecular formula is C18H18ClN5. The lowest BCUT2D eigenvalue weighted by Crippen LogP contribution is -2.42. The summed E-state index contributed by atoms with van der Waals surface area (Å²) >= 11 is 6.43. The second-order valence-corrected chi connectivity index (χ2v) is 6.36. The number of anilines is 1. The molecule has 122 valence electrons. The Morgan fingerprint density at radius 3 is 2.92 bits per heavy atom. The van der Waals surface area contributed by atoms with Crippen molar-refractivity contribution in [2.24, 2.45) is 7.05 Å². The Hall–Kier alpha value is -2.53. The van der Waals surface area contributed by atoms with Gasteiger partial charge in [-0.05, 0) is 18.2 Å². The van der Waals surface area contributed by atoms with Gasteiger partial charge in [0.15, 0.2) is 0 Å². The minimum atomic E-state index is 0.603. The fourth-order valence-corrected chi connectivity index (χ4v) is 3.27. The largest absolute Gasteiger partial charge is 0.386 e. The summed E-state index contributed by atoms with van der Waals surface area (Å²) in [5, 5.41) is 3.86. The minimum absolute atomic E-state index is 0.603. The van der Waals surface area contributed by atoms with Gasteiger partial charge < -0.3 is 14.8 Å². The van der Waals surface area contributed by atoms with Crippen molar-refractivity contribution >= 4 is 28.5 Å². The number of nitrogens with one attached hydrogen (secondary N) is 1. The predicted molar refractivity (Wildman–Crippen MR) is 98.3 cm³/mol. The van der Waals surface area contributed by atoms with E-state index >= 15 is 0 Å². The Morgan fingerprint density at radius 1 is 1.29 bits per heavy atom. The molecule has 5 nitrogen and oxygen atoms in total. The van der Waals surface area contributed by atoms with E-state index in [-0.39, 0.29) is 0 Å². The van der Waals surface area contributed by atoms with E-state index in [4.69, 9.17) is 16.6 Å². The Morgan fingerprint density at radius 2 is 2.12 bits per heavy atom. The fourth-order valence-electron chi connectivity index (χ4n) is 3.09. The number of benzene rings is 1. The summed E-state index contributed by atoms with van der Waals surface area (Å²) in [5.41, 5.74) is 3.93. The van der Waals surface area contributed by atoms with Gasteiger partial charge in [0.05, 0.1) is 22.6 Å². The molecule has 1 saturated heterocycles. The van der Waals surface area contributed by atoms with Gasteiger partial charge in [0.1, 0.15) is 11.6 Å². The zero-order chi connectivity index (χ0) is 16.7. The zero-order valence-corrected chi connectivity index (χ0v) is 14.2. The van der Waals surface area contributed by atoms with Crippen LogP contribution >= 0.6 is 11.6 Å². The molecule has 0 radical (unpaired) electrons. The molecule has 4 rings (SSSR count). The van der Waals surface area contributed by atoms with Gasteiger partial charge in [-0.3, -0.25) is 0 Å². The van der Waals surface area contributed by atoms with Gasteiger partial charge in [-0.2, -0.15) is 0 Å². The Bertz CT molecular complexity index is 930. The number of hydrogen-bond donors (Lipinski definition) is 1. The molecule has 0 spiro atoms. The first-order valence-electron chi connectivity index (χ1n) is 7.87. The topological polar surface area (TPSA) is 46.0 Å². The highest BCUT2D eigenvalue weighted by Gasteiger charge is 2.18. The number of aryl methyl sites for hydroxylation is 1. The van der Waals surface area contributed by atoms with Crippen molar-refractivity contribution in [3.63, 3.8) is 0 Å². The smallest absolute Gasteiger partial charge is 0.142 e. The number of rotatable bonds is 2. The molecule has 1 aliphatic heterocycles. The molecule has 1 aromatic carbocycles. The molecule has 0 bridgehead atoms. The van der Waals surface area contributed by atoms with Crippen LogP contribution in [0.25, 0.3) is 22.4 Å². The van der Waals surface area contributed by atoms with E-state index in [0.29, 0.717) is 5.02 Å². The summed E-state index contributed by atoms with van der Waals surface area (Å²) in [7, 11) is 2.01. The van der Waals surface area contributed by atoms with Crippen molar-refractivity contribution in [2.45, 2.75) is 0 Å². The van der Waals surface area contributed by atoms with Gasteiger partial charge in [-0.1, -0.05) is 30.3 Å². The first-order chi connectivity index (χ1) is 11.6. The molecule has 1 N–H and O–H groups in total. The van der Waals surface area contributed by atoms with Gasteiger partial charge >= 0.3 is 0 Å². The SMILES string of the molecule is C=C1CN(c2cc(-c3nc4ccccc4n3C)c(Cl)cn2)CCN1. The number of halogens is 1.